The first-order valence-electron chi connectivity index (χ1n) is 12.2. The molecule has 6 nitrogen and oxygen atoms in total. The highest BCUT2D eigenvalue weighted by Gasteiger charge is 2.47. The van der Waals surface area contributed by atoms with Crippen LogP contribution in [0.1, 0.15) is 64.9 Å². The van der Waals surface area contributed by atoms with Crippen LogP contribution in [0.15, 0.2) is 42.5 Å². The van der Waals surface area contributed by atoms with E-state index in [0.717, 1.165) is 33.5 Å². The van der Waals surface area contributed by atoms with Gasteiger partial charge in [-0.05, 0) is 62.4 Å². The summed E-state index contributed by atoms with van der Waals surface area (Å²) >= 11 is 0. The van der Waals surface area contributed by atoms with E-state index >= 15 is 0 Å². The third-order valence-corrected chi connectivity index (χ3v) is 7.38. The summed E-state index contributed by atoms with van der Waals surface area (Å²) < 4.78 is 8.12. The first-order chi connectivity index (χ1) is 15.9. The highest BCUT2D eigenvalue weighted by atomic mass is 16.6. The van der Waals surface area contributed by atoms with Gasteiger partial charge >= 0.3 is 6.09 Å². The second-order valence-electron chi connectivity index (χ2n) is 10.7. The standard InChI is InChI=1S/C28H37N3O3/c1-18(2)28(17-27(5,6)33)14-15-31(26(32)34-28)19(3)21-8-10-22(11-9-21)23-12-13-25-24(16-23)29-20(4)30(25)7/h8-13,16,18-19,33H,14-15,17H2,1-7H3/t19-,28?/m0/s1. The Bertz CT molecular complexity index is 1190. The fourth-order valence-corrected chi connectivity index (χ4v) is 5.14. The minimum absolute atomic E-state index is 0.102. The van der Waals surface area contributed by atoms with Crippen molar-refractivity contribution in [2.24, 2.45) is 13.0 Å². The molecule has 1 N–H and O–H groups in total. The van der Waals surface area contributed by atoms with Gasteiger partial charge in [-0.15, -0.1) is 0 Å². The zero-order valence-corrected chi connectivity index (χ0v) is 21.4. The van der Waals surface area contributed by atoms with E-state index in [4.69, 9.17) is 4.74 Å². The Labute approximate surface area is 202 Å². The van der Waals surface area contributed by atoms with Crippen molar-refractivity contribution < 1.29 is 14.6 Å². The number of rotatable bonds is 6. The SMILES string of the molecule is Cc1nc2cc(-c3ccc([C@H](C)N4CCC(CC(C)(C)O)(C(C)C)OC4=O)cc3)ccc2n1C. The summed E-state index contributed by atoms with van der Waals surface area (Å²) in [7, 11) is 2.03. The maximum atomic E-state index is 13.1. The summed E-state index contributed by atoms with van der Waals surface area (Å²) in [6, 6.07) is 14.6. The Hall–Kier alpha value is -2.86. The highest BCUT2D eigenvalue weighted by molar-refractivity contribution is 5.82. The number of imidazole rings is 1. The molecule has 1 unspecified atom stereocenters. The van der Waals surface area contributed by atoms with Crippen LogP contribution in [0.3, 0.4) is 0 Å². The van der Waals surface area contributed by atoms with Crippen LogP contribution in [0.5, 0.6) is 0 Å². The summed E-state index contributed by atoms with van der Waals surface area (Å²) in [6.45, 7) is 12.3. The number of cyclic esters (lactones) is 1. The van der Waals surface area contributed by atoms with Gasteiger partial charge in [-0.2, -0.15) is 0 Å². The molecule has 1 aromatic heterocycles. The molecule has 0 aliphatic carbocycles. The molecule has 2 atom stereocenters. The number of aromatic nitrogens is 2. The van der Waals surface area contributed by atoms with Crippen molar-refractivity contribution in [1.29, 1.82) is 0 Å². The molecule has 34 heavy (non-hydrogen) atoms. The number of benzene rings is 2. The van der Waals surface area contributed by atoms with Crippen molar-refractivity contribution in [3.8, 4) is 11.1 Å². The van der Waals surface area contributed by atoms with Gasteiger partial charge in [-0.1, -0.05) is 44.2 Å². The largest absolute Gasteiger partial charge is 0.442 e. The number of nitrogens with zero attached hydrogens (tertiary/aromatic N) is 3. The van der Waals surface area contributed by atoms with Gasteiger partial charge in [0, 0.05) is 26.4 Å². The van der Waals surface area contributed by atoms with Crippen LogP contribution in [0, 0.1) is 12.8 Å². The number of hydrogen-bond donors (Lipinski definition) is 1. The lowest BCUT2D eigenvalue weighted by Gasteiger charge is -2.47. The lowest BCUT2D eigenvalue weighted by atomic mass is 9.77. The Kier molecular flexibility index (Phi) is 6.23. The van der Waals surface area contributed by atoms with Crippen LogP contribution in [-0.4, -0.2) is 43.4 Å². The van der Waals surface area contributed by atoms with Crippen LogP contribution in [-0.2, 0) is 11.8 Å². The van der Waals surface area contributed by atoms with Crippen LogP contribution in [0.2, 0.25) is 0 Å². The zero-order chi connectivity index (χ0) is 24.8. The number of aliphatic hydroxyl groups is 1. The lowest BCUT2D eigenvalue weighted by molar-refractivity contribution is -0.119. The fraction of sp³-hybridized carbons (Fsp3) is 0.500. The molecular formula is C28H37N3O3. The van der Waals surface area contributed by atoms with E-state index in [9.17, 15) is 9.90 Å². The normalized spacial score (nSPS) is 20.1. The van der Waals surface area contributed by atoms with E-state index in [2.05, 4.69) is 65.9 Å². The van der Waals surface area contributed by atoms with E-state index in [1.165, 1.54) is 0 Å². The smallest absolute Gasteiger partial charge is 0.410 e. The van der Waals surface area contributed by atoms with E-state index in [1.807, 2.05) is 20.9 Å². The molecular weight excluding hydrogens is 426 g/mol. The average molecular weight is 464 g/mol. The molecule has 1 aliphatic heterocycles. The summed E-state index contributed by atoms with van der Waals surface area (Å²) in [5.41, 5.74) is 3.88. The molecule has 182 valence electrons. The monoisotopic (exact) mass is 463 g/mol. The molecule has 1 saturated heterocycles. The average Bonchev–Trinajstić information content (AvgIpc) is 3.05. The van der Waals surface area contributed by atoms with Gasteiger partial charge in [0.1, 0.15) is 11.4 Å². The van der Waals surface area contributed by atoms with Gasteiger partial charge in [-0.25, -0.2) is 9.78 Å². The second-order valence-corrected chi connectivity index (χ2v) is 10.7. The molecule has 4 rings (SSSR count). The number of ether oxygens (including phenoxy) is 1. The van der Waals surface area contributed by atoms with Gasteiger partial charge in [0.15, 0.2) is 0 Å². The molecule has 1 aliphatic rings. The number of aryl methyl sites for hydroxylation is 2. The highest BCUT2D eigenvalue weighted by Crippen LogP contribution is 2.40. The van der Waals surface area contributed by atoms with Gasteiger partial charge in [0.25, 0.3) is 0 Å². The fourth-order valence-electron chi connectivity index (χ4n) is 5.14. The van der Waals surface area contributed by atoms with Gasteiger partial charge in [0.2, 0.25) is 0 Å². The minimum atomic E-state index is -0.898. The van der Waals surface area contributed by atoms with Gasteiger partial charge < -0.3 is 19.3 Å². The number of hydrogen-bond acceptors (Lipinski definition) is 4. The predicted molar refractivity (Wildman–Crippen MR) is 136 cm³/mol. The second kappa shape index (κ2) is 8.73. The molecule has 3 aromatic rings. The number of fused-ring (bicyclic) bond motifs is 1. The third-order valence-electron chi connectivity index (χ3n) is 7.38. The molecule has 1 fully saturated rings. The first kappa shape index (κ1) is 24.3. The Morgan fingerprint density at radius 3 is 2.35 bits per heavy atom. The number of carbonyl (C=O) groups is 1. The van der Waals surface area contributed by atoms with Crippen molar-refractivity contribution >= 4 is 17.1 Å². The Morgan fingerprint density at radius 1 is 1.12 bits per heavy atom. The summed E-state index contributed by atoms with van der Waals surface area (Å²) in [5, 5.41) is 10.4. The van der Waals surface area contributed by atoms with Gasteiger partial charge in [-0.3, -0.25) is 0 Å². The number of amides is 1. The van der Waals surface area contributed by atoms with Crippen LogP contribution in [0.25, 0.3) is 22.2 Å². The van der Waals surface area contributed by atoms with Crippen molar-refractivity contribution in [2.45, 2.75) is 71.6 Å². The maximum Gasteiger partial charge on any atom is 0.410 e. The first-order valence-corrected chi connectivity index (χ1v) is 12.2. The molecule has 0 radical (unpaired) electrons. The molecule has 2 aromatic carbocycles. The van der Waals surface area contributed by atoms with Crippen LogP contribution >= 0.6 is 0 Å². The number of carbonyl (C=O) groups excluding carboxylic acids is 1. The quantitative estimate of drug-likeness (QED) is 0.486. The maximum absolute atomic E-state index is 13.1. The molecule has 0 spiro atoms. The van der Waals surface area contributed by atoms with Gasteiger partial charge in [0.05, 0.1) is 22.7 Å². The zero-order valence-electron chi connectivity index (χ0n) is 21.4. The third kappa shape index (κ3) is 4.56. The van der Waals surface area contributed by atoms with Crippen molar-refractivity contribution in [2.75, 3.05) is 6.54 Å². The van der Waals surface area contributed by atoms with E-state index in [1.54, 1.807) is 18.7 Å². The molecule has 6 heteroatoms. The van der Waals surface area contributed by atoms with E-state index in [0.29, 0.717) is 19.4 Å². The predicted octanol–water partition coefficient (Wildman–Crippen LogP) is 6.01. The van der Waals surface area contributed by atoms with E-state index in [-0.39, 0.29) is 18.1 Å². The van der Waals surface area contributed by atoms with Crippen molar-refractivity contribution in [3.63, 3.8) is 0 Å². The van der Waals surface area contributed by atoms with Crippen molar-refractivity contribution in [1.82, 2.24) is 14.5 Å². The molecule has 0 bridgehead atoms. The minimum Gasteiger partial charge on any atom is -0.442 e. The molecule has 0 saturated carbocycles. The van der Waals surface area contributed by atoms with Crippen LogP contribution in [0.4, 0.5) is 4.79 Å². The van der Waals surface area contributed by atoms with Crippen molar-refractivity contribution in [3.05, 3.63) is 53.9 Å². The molecule has 2 heterocycles. The van der Waals surface area contributed by atoms with E-state index < -0.39 is 11.2 Å². The summed E-state index contributed by atoms with van der Waals surface area (Å²) in [4.78, 5) is 19.5. The van der Waals surface area contributed by atoms with Crippen LogP contribution < -0.4 is 0 Å². The Morgan fingerprint density at radius 2 is 1.76 bits per heavy atom. The lowest BCUT2D eigenvalue weighted by Crippen LogP contribution is -2.55. The summed E-state index contributed by atoms with van der Waals surface area (Å²) in [6.07, 6.45) is 0.823. The summed E-state index contributed by atoms with van der Waals surface area (Å²) in [5.74, 6) is 1.12. The molecule has 1 amide bonds. The Balaban J connectivity index is 1.51. The topological polar surface area (TPSA) is 67.6 Å².